The fourth-order valence-electron chi connectivity index (χ4n) is 1.96. The minimum absolute atomic E-state index is 0.110. The molecule has 16 heavy (non-hydrogen) atoms. The Morgan fingerprint density at radius 1 is 1.31 bits per heavy atom. The zero-order valence-corrected chi connectivity index (χ0v) is 10.1. The molecule has 0 N–H and O–H groups in total. The number of carbonyl (C=O) groups excluding carboxylic acids is 1. The molecule has 90 valence electrons. The van der Waals surface area contributed by atoms with Crippen molar-refractivity contribution in [3.8, 4) is 0 Å². The number of azide groups is 1. The highest BCUT2D eigenvalue weighted by molar-refractivity contribution is 5.77. The van der Waals surface area contributed by atoms with Gasteiger partial charge in [0, 0.05) is 24.4 Å². The monoisotopic (exact) mass is 224 g/mol. The van der Waals surface area contributed by atoms with Crippen molar-refractivity contribution >= 4 is 5.91 Å². The van der Waals surface area contributed by atoms with Gasteiger partial charge in [0.2, 0.25) is 5.91 Å². The Hall–Kier alpha value is -1.22. The van der Waals surface area contributed by atoms with Crippen LogP contribution >= 0.6 is 0 Å². The van der Waals surface area contributed by atoms with E-state index in [0.29, 0.717) is 6.42 Å². The van der Waals surface area contributed by atoms with Crippen LogP contribution in [0.15, 0.2) is 5.11 Å². The number of rotatable bonds is 3. The lowest BCUT2D eigenvalue weighted by Crippen LogP contribution is -2.36. The Kier molecular flexibility index (Phi) is 4.62. The average molecular weight is 224 g/mol. The van der Waals surface area contributed by atoms with Crippen molar-refractivity contribution in [3.05, 3.63) is 10.4 Å². The van der Waals surface area contributed by atoms with Crippen molar-refractivity contribution in [2.45, 2.75) is 51.5 Å². The van der Waals surface area contributed by atoms with E-state index in [9.17, 15) is 4.79 Å². The molecule has 0 spiro atoms. The summed E-state index contributed by atoms with van der Waals surface area (Å²) in [7, 11) is 0. The van der Waals surface area contributed by atoms with Gasteiger partial charge in [0.05, 0.1) is 5.54 Å². The van der Waals surface area contributed by atoms with Crippen LogP contribution in [-0.4, -0.2) is 29.4 Å². The minimum Gasteiger partial charge on any atom is -0.343 e. The van der Waals surface area contributed by atoms with Crippen LogP contribution in [0.5, 0.6) is 0 Å². The van der Waals surface area contributed by atoms with Gasteiger partial charge in [-0.15, -0.1) is 0 Å². The second kappa shape index (κ2) is 5.75. The second-order valence-corrected chi connectivity index (χ2v) is 4.97. The number of nitrogens with zero attached hydrogens (tertiary/aromatic N) is 4. The zero-order valence-electron chi connectivity index (χ0n) is 10.1. The fraction of sp³-hybridized carbons (Fsp3) is 0.909. The number of likely N-dealkylation sites (tertiary alicyclic amines) is 1. The molecule has 0 radical (unpaired) electrons. The summed E-state index contributed by atoms with van der Waals surface area (Å²) < 4.78 is 0. The van der Waals surface area contributed by atoms with E-state index in [2.05, 4.69) is 10.0 Å². The Labute approximate surface area is 96.4 Å². The van der Waals surface area contributed by atoms with Gasteiger partial charge in [-0.25, -0.2) is 0 Å². The molecule has 1 heterocycles. The van der Waals surface area contributed by atoms with Gasteiger partial charge in [0.15, 0.2) is 0 Å². The summed E-state index contributed by atoms with van der Waals surface area (Å²) in [6.45, 7) is 5.29. The van der Waals surface area contributed by atoms with Gasteiger partial charge in [-0.2, -0.15) is 0 Å². The van der Waals surface area contributed by atoms with E-state index in [-0.39, 0.29) is 5.91 Å². The molecule has 1 aliphatic heterocycles. The summed E-state index contributed by atoms with van der Waals surface area (Å²) in [5, 5.41) is 3.65. The van der Waals surface area contributed by atoms with Gasteiger partial charge in [0.25, 0.3) is 0 Å². The van der Waals surface area contributed by atoms with Gasteiger partial charge < -0.3 is 4.90 Å². The molecule has 0 saturated carbocycles. The molecule has 1 saturated heterocycles. The fourth-order valence-corrected chi connectivity index (χ4v) is 1.96. The highest BCUT2D eigenvalue weighted by Gasteiger charge is 2.24. The minimum atomic E-state index is -0.613. The quantitative estimate of drug-likeness (QED) is 0.413. The van der Waals surface area contributed by atoms with E-state index < -0.39 is 5.54 Å². The maximum Gasteiger partial charge on any atom is 0.223 e. The molecule has 1 rings (SSSR count). The largest absolute Gasteiger partial charge is 0.343 e. The maximum atomic E-state index is 12.0. The zero-order chi connectivity index (χ0) is 12.0. The Morgan fingerprint density at radius 2 is 1.88 bits per heavy atom. The molecule has 0 aromatic carbocycles. The summed E-state index contributed by atoms with van der Waals surface area (Å²) >= 11 is 0. The lowest BCUT2D eigenvalue weighted by molar-refractivity contribution is -0.132. The molecular weight excluding hydrogens is 204 g/mol. The van der Waals surface area contributed by atoms with Crippen LogP contribution < -0.4 is 0 Å². The first-order valence-corrected chi connectivity index (χ1v) is 5.89. The van der Waals surface area contributed by atoms with Crippen LogP contribution in [0.2, 0.25) is 0 Å². The highest BCUT2D eigenvalue weighted by Crippen LogP contribution is 2.18. The van der Waals surface area contributed by atoms with E-state index in [4.69, 9.17) is 5.53 Å². The van der Waals surface area contributed by atoms with Gasteiger partial charge in [-0.3, -0.25) is 4.79 Å². The van der Waals surface area contributed by atoms with Crippen molar-refractivity contribution in [2.75, 3.05) is 13.1 Å². The molecule has 0 aromatic heterocycles. The van der Waals surface area contributed by atoms with E-state index in [1.807, 2.05) is 4.90 Å². The first-order chi connectivity index (χ1) is 7.55. The third-order valence-corrected chi connectivity index (χ3v) is 2.86. The normalized spacial score (nSPS) is 17.5. The number of hydrogen-bond donors (Lipinski definition) is 0. The molecule has 0 atom stereocenters. The molecule has 0 aromatic rings. The third-order valence-electron chi connectivity index (χ3n) is 2.86. The van der Waals surface area contributed by atoms with Crippen LogP contribution in [0.1, 0.15) is 46.0 Å². The topological polar surface area (TPSA) is 69.1 Å². The summed E-state index contributed by atoms with van der Waals surface area (Å²) in [5.74, 6) is 0.110. The predicted molar refractivity (Wildman–Crippen MR) is 62.9 cm³/mol. The van der Waals surface area contributed by atoms with Gasteiger partial charge in [-0.1, -0.05) is 31.8 Å². The number of carbonyl (C=O) groups is 1. The van der Waals surface area contributed by atoms with E-state index in [0.717, 1.165) is 25.9 Å². The summed E-state index contributed by atoms with van der Waals surface area (Å²) in [5.41, 5.74) is 7.79. The van der Waals surface area contributed by atoms with Crippen molar-refractivity contribution in [1.29, 1.82) is 0 Å². The molecule has 5 nitrogen and oxygen atoms in total. The molecule has 0 bridgehead atoms. The van der Waals surface area contributed by atoms with Gasteiger partial charge in [0.1, 0.15) is 0 Å². The molecule has 1 aliphatic rings. The van der Waals surface area contributed by atoms with Crippen molar-refractivity contribution in [3.63, 3.8) is 0 Å². The summed E-state index contributed by atoms with van der Waals surface area (Å²) in [6, 6.07) is 0. The lowest BCUT2D eigenvalue weighted by atomic mass is 10.0. The third kappa shape index (κ3) is 4.11. The summed E-state index contributed by atoms with van der Waals surface area (Å²) in [4.78, 5) is 16.7. The van der Waals surface area contributed by atoms with Crippen LogP contribution in [0.25, 0.3) is 10.4 Å². The molecule has 5 heteroatoms. The highest BCUT2D eigenvalue weighted by atomic mass is 16.2. The van der Waals surface area contributed by atoms with Gasteiger partial charge in [-0.05, 0) is 18.4 Å². The van der Waals surface area contributed by atoms with Crippen LogP contribution in [0.4, 0.5) is 0 Å². The van der Waals surface area contributed by atoms with E-state index >= 15 is 0 Å². The number of amides is 1. The Morgan fingerprint density at radius 3 is 2.38 bits per heavy atom. The average Bonchev–Trinajstić information content (AvgIpc) is 2.44. The molecule has 0 unspecified atom stereocenters. The van der Waals surface area contributed by atoms with Crippen molar-refractivity contribution in [2.24, 2.45) is 5.11 Å². The smallest absolute Gasteiger partial charge is 0.223 e. The predicted octanol–water partition coefficient (Wildman–Crippen LogP) is 2.87. The second-order valence-electron chi connectivity index (χ2n) is 4.97. The van der Waals surface area contributed by atoms with E-state index in [1.165, 1.54) is 12.8 Å². The number of hydrogen-bond acceptors (Lipinski definition) is 2. The lowest BCUT2D eigenvalue weighted by Gasteiger charge is -2.24. The Bertz CT molecular complexity index is 286. The van der Waals surface area contributed by atoms with Crippen molar-refractivity contribution in [1.82, 2.24) is 4.90 Å². The van der Waals surface area contributed by atoms with Gasteiger partial charge >= 0.3 is 0 Å². The van der Waals surface area contributed by atoms with Crippen LogP contribution in [0.3, 0.4) is 0 Å². The van der Waals surface area contributed by atoms with E-state index in [1.54, 1.807) is 13.8 Å². The Balaban J connectivity index is 2.53. The van der Waals surface area contributed by atoms with Crippen LogP contribution in [-0.2, 0) is 4.79 Å². The van der Waals surface area contributed by atoms with Crippen molar-refractivity contribution < 1.29 is 4.79 Å². The van der Waals surface area contributed by atoms with Crippen LogP contribution in [0, 0.1) is 0 Å². The molecular formula is C11H20N4O. The molecule has 0 aliphatic carbocycles. The molecule has 1 fully saturated rings. The first kappa shape index (κ1) is 12.8. The molecule has 1 amide bonds. The SMILES string of the molecule is CC(C)(CC(=O)N1CCCCCC1)N=[N+]=[N-]. The first-order valence-electron chi connectivity index (χ1n) is 5.89. The standard InChI is InChI=1S/C11H20N4O/c1-11(2,13-14-12)9-10(16)15-7-5-3-4-6-8-15/h3-9H2,1-2H3. The maximum absolute atomic E-state index is 12.0. The summed E-state index contributed by atoms with van der Waals surface area (Å²) in [6.07, 6.45) is 4.91.